The number of nitrogens with one attached hydrogen (secondary N) is 1. The number of rotatable bonds is 0. The summed E-state index contributed by atoms with van der Waals surface area (Å²) in [5.74, 6) is 0.177. The number of ether oxygens (including phenoxy) is 1. The van der Waals surface area contributed by atoms with Gasteiger partial charge in [-0.2, -0.15) is 0 Å². The Hall–Kier alpha value is -0.610. The van der Waals surface area contributed by atoms with Gasteiger partial charge < -0.3 is 9.64 Å². The van der Waals surface area contributed by atoms with Crippen LogP contribution in [0.4, 0.5) is 0 Å². The molecule has 0 aromatic rings. The van der Waals surface area contributed by atoms with E-state index in [1.54, 1.807) is 0 Å². The summed E-state index contributed by atoms with van der Waals surface area (Å²) < 4.78 is 5.18. The summed E-state index contributed by atoms with van der Waals surface area (Å²) in [5.41, 5.74) is -0.320. The zero-order chi connectivity index (χ0) is 9.69. The third kappa shape index (κ3) is 1.16. The van der Waals surface area contributed by atoms with Crippen LogP contribution >= 0.6 is 0 Å². The number of carbonyl (C=O) groups excluding carboxylic acids is 1. The second-order valence-corrected chi connectivity index (χ2v) is 4.78. The van der Waals surface area contributed by atoms with Gasteiger partial charge in [-0.1, -0.05) is 0 Å². The smallest absolute Gasteiger partial charge is 0.238 e. The van der Waals surface area contributed by atoms with Crippen molar-refractivity contribution in [1.82, 2.24) is 10.2 Å². The van der Waals surface area contributed by atoms with Gasteiger partial charge in [0.25, 0.3) is 0 Å². The van der Waals surface area contributed by atoms with Crippen molar-refractivity contribution in [3.05, 3.63) is 0 Å². The molecule has 2 aliphatic heterocycles. The molecule has 0 bridgehead atoms. The van der Waals surface area contributed by atoms with Gasteiger partial charge in [-0.05, 0) is 20.8 Å². The Labute approximate surface area is 78.2 Å². The van der Waals surface area contributed by atoms with Gasteiger partial charge >= 0.3 is 0 Å². The van der Waals surface area contributed by atoms with Crippen LogP contribution in [0.1, 0.15) is 20.8 Å². The highest BCUT2D eigenvalue weighted by molar-refractivity contribution is 5.82. The summed E-state index contributed by atoms with van der Waals surface area (Å²) >= 11 is 0. The lowest BCUT2D eigenvalue weighted by molar-refractivity contribution is -0.172. The summed E-state index contributed by atoms with van der Waals surface area (Å²) in [6, 6.07) is 0. The van der Waals surface area contributed by atoms with Crippen LogP contribution in [0.3, 0.4) is 0 Å². The molecule has 0 radical (unpaired) electrons. The summed E-state index contributed by atoms with van der Waals surface area (Å²) in [6.07, 6.45) is 0. The van der Waals surface area contributed by atoms with E-state index in [9.17, 15) is 4.79 Å². The highest BCUT2D eigenvalue weighted by Gasteiger charge is 2.54. The topological polar surface area (TPSA) is 41.6 Å². The van der Waals surface area contributed by atoms with Gasteiger partial charge in [-0.15, -0.1) is 0 Å². The largest absolute Gasteiger partial charge is 0.374 e. The number of hydrogen-bond donors (Lipinski definition) is 1. The van der Waals surface area contributed by atoms with E-state index in [-0.39, 0.29) is 17.1 Å². The van der Waals surface area contributed by atoms with E-state index in [2.05, 4.69) is 26.1 Å². The van der Waals surface area contributed by atoms with Crippen LogP contribution in [0, 0.1) is 0 Å². The number of nitrogens with zero attached hydrogens (tertiary/aromatic N) is 1. The van der Waals surface area contributed by atoms with Crippen LogP contribution in [-0.4, -0.2) is 41.8 Å². The third-order valence-corrected chi connectivity index (χ3v) is 2.60. The van der Waals surface area contributed by atoms with Gasteiger partial charge in [0.15, 0.2) is 0 Å². The Kier molecular flexibility index (Phi) is 1.69. The van der Waals surface area contributed by atoms with E-state index in [1.165, 1.54) is 0 Å². The molecule has 13 heavy (non-hydrogen) atoms. The van der Waals surface area contributed by atoms with E-state index in [4.69, 9.17) is 4.74 Å². The molecule has 0 atom stereocenters. The molecule has 1 spiro atoms. The first kappa shape index (κ1) is 8.97. The van der Waals surface area contributed by atoms with Crippen LogP contribution in [-0.2, 0) is 9.53 Å². The van der Waals surface area contributed by atoms with Crippen LogP contribution in [0.5, 0.6) is 0 Å². The third-order valence-electron chi connectivity index (χ3n) is 2.60. The van der Waals surface area contributed by atoms with Gasteiger partial charge in [0.05, 0.1) is 19.8 Å². The van der Waals surface area contributed by atoms with Crippen molar-refractivity contribution in [3.63, 3.8) is 0 Å². The molecule has 0 aromatic carbocycles. The average molecular weight is 184 g/mol. The standard InChI is InChI=1S/C9H16N2O2/c1-8(2,3)11-7(12)4-10-9(11)5-13-6-9/h10H,4-6H2,1-3H3. The van der Waals surface area contributed by atoms with Gasteiger partial charge in [-0.25, -0.2) is 0 Å². The van der Waals surface area contributed by atoms with Crippen LogP contribution in [0.15, 0.2) is 0 Å². The van der Waals surface area contributed by atoms with Gasteiger partial charge in [0.2, 0.25) is 5.91 Å². The van der Waals surface area contributed by atoms with Crippen molar-refractivity contribution in [2.45, 2.75) is 32.0 Å². The van der Waals surface area contributed by atoms with Crippen molar-refractivity contribution >= 4 is 5.91 Å². The SMILES string of the molecule is CC(C)(C)N1C(=O)CNC12COC2. The number of amides is 1. The van der Waals surface area contributed by atoms with E-state index in [0.29, 0.717) is 19.8 Å². The minimum absolute atomic E-state index is 0.121. The van der Waals surface area contributed by atoms with E-state index in [0.717, 1.165) is 0 Å². The lowest BCUT2D eigenvalue weighted by Gasteiger charge is -2.50. The molecular weight excluding hydrogens is 168 g/mol. The van der Waals surface area contributed by atoms with Crippen LogP contribution in [0.25, 0.3) is 0 Å². The number of carbonyl (C=O) groups is 1. The maximum Gasteiger partial charge on any atom is 0.238 e. The predicted octanol–water partition coefficient (Wildman–Crippen LogP) is -0.0568. The molecular formula is C9H16N2O2. The maximum atomic E-state index is 11.6. The zero-order valence-electron chi connectivity index (χ0n) is 8.39. The highest BCUT2D eigenvalue weighted by atomic mass is 16.5. The van der Waals surface area contributed by atoms with E-state index < -0.39 is 0 Å². The lowest BCUT2D eigenvalue weighted by atomic mass is 9.99. The van der Waals surface area contributed by atoms with Crippen molar-refractivity contribution in [3.8, 4) is 0 Å². The second-order valence-electron chi connectivity index (χ2n) is 4.78. The molecule has 0 aliphatic carbocycles. The quantitative estimate of drug-likeness (QED) is 0.573. The lowest BCUT2D eigenvalue weighted by Crippen LogP contribution is -2.69. The van der Waals surface area contributed by atoms with E-state index in [1.807, 2.05) is 4.90 Å². The molecule has 4 heteroatoms. The average Bonchev–Trinajstić information content (AvgIpc) is 2.23. The normalized spacial score (nSPS) is 26.7. The Bertz CT molecular complexity index is 240. The first-order valence-corrected chi connectivity index (χ1v) is 4.62. The van der Waals surface area contributed by atoms with Gasteiger partial charge in [0, 0.05) is 5.54 Å². The summed E-state index contributed by atoms with van der Waals surface area (Å²) in [4.78, 5) is 13.6. The molecule has 2 aliphatic rings. The molecule has 0 aromatic heterocycles. The molecule has 2 saturated heterocycles. The molecule has 1 amide bonds. The monoisotopic (exact) mass is 184 g/mol. The Balaban J connectivity index is 2.26. The van der Waals surface area contributed by atoms with Crippen molar-refractivity contribution in [2.75, 3.05) is 19.8 Å². The van der Waals surface area contributed by atoms with Crippen molar-refractivity contribution in [1.29, 1.82) is 0 Å². The fourth-order valence-corrected chi connectivity index (χ4v) is 2.18. The fourth-order valence-electron chi connectivity index (χ4n) is 2.18. The Morgan fingerprint density at radius 3 is 2.38 bits per heavy atom. The minimum atomic E-state index is -0.199. The Morgan fingerprint density at radius 1 is 1.46 bits per heavy atom. The molecule has 0 saturated carbocycles. The highest BCUT2D eigenvalue weighted by Crippen LogP contribution is 2.32. The van der Waals surface area contributed by atoms with Crippen molar-refractivity contribution < 1.29 is 9.53 Å². The molecule has 2 rings (SSSR count). The fraction of sp³-hybridized carbons (Fsp3) is 0.889. The molecule has 74 valence electrons. The second kappa shape index (κ2) is 2.45. The Morgan fingerprint density at radius 2 is 2.08 bits per heavy atom. The van der Waals surface area contributed by atoms with Gasteiger partial charge in [-0.3, -0.25) is 10.1 Å². The predicted molar refractivity (Wildman–Crippen MR) is 48.2 cm³/mol. The van der Waals surface area contributed by atoms with Crippen LogP contribution in [0.2, 0.25) is 0 Å². The maximum absolute atomic E-state index is 11.6. The first-order chi connectivity index (χ1) is 5.96. The van der Waals surface area contributed by atoms with Crippen LogP contribution < -0.4 is 5.32 Å². The summed E-state index contributed by atoms with van der Waals surface area (Å²) in [7, 11) is 0. The first-order valence-electron chi connectivity index (χ1n) is 4.62. The minimum Gasteiger partial charge on any atom is -0.374 e. The summed E-state index contributed by atoms with van der Waals surface area (Å²) in [6.45, 7) is 7.85. The molecule has 1 N–H and O–H groups in total. The number of hydrogen-bond acceptors (Lipinski definition) is 3. The molecule has 2 heterocycles. The summed E-state index contributed by atoms with van der Waals surface area (Å²) in [5, 5.41) is 3.23. The van der Waals surface area contributed by atoms with Gasteiger partial charge in [0.1, 0.15) is 5.66 Å². The molecule has 4 nitrogen and oxygen atoms in total. The van der Waals surface area contributed by atoms with E-state index >= 15 is 0 Å². The van der Waals surface area contributed by atoms with Crippen molar-refractivity contribution in [2.24, 2.45) is 0 Å². The molecule has 0 unspecified atom stereocenters. The molecule has 2 fully saturated rings. The zero-order valence-corrected chi connectivity index (χ0v) is 8.39.